The zero-order valence-corrected chi connectivity index (χ0v) is 16.4. The fraction of sp³-hybridized carbons (Fsp3) is 0.333. The third kappa shape index (κ3) is 7.37. The molecule has 0 N–H and O–H groups in total. The van der Waals surface area contributed by atoms with E-state index in [1.807, 2.05) is 90.1 Å². The lowest BCUT2D eigenvalue weighted by Gasteiger charge is -2.21. The van der Waals surface area contributed by atoms with Crippen molar-refractivity contribution in [1.29, 1.82) is 0 Å². The van der Waals surface area contributed by atoms with Crippen molar-refractivity contribution in [2.24, 2.45) is 0 Å². The molecular formula is C24H26O2. The van der Waals surface area contributed by atoms with Gasteiger partial charge in [-0.05, 0) is 89.8 Å². The summed E-state index contributed by atoms with van der Waals surface area (Å²) in [4.78, 5) is 0. The summed E-state index contributed by atoms with van der Waals surface area (Å²) in [6.45, 7) is 12.1. The van der Waals surface area contributed by atoms with Gasteiger partial charge in [-0.1, -0.05) is 24.0 Å². The second kappa shape index (κ2) is 8.03. The third-order valence-electron chi connectivity index (χ3n) is 2.99. The van der Waals surface area contributed by atoms with E-state index >= 15 is 0 Å². The van der Waals surface area contributed by atoms with E-state index in [9.17, 15) is 0 Å². The fourth-order valence-electron chi connectivity index (χ4n) is 2.19. The molecule has 0 spiro atoms. The Morgan fingerprint density at radius 3 is 1.35 bits per heavy atom. The summed E-state index contributed by atoms with van der Waals surface area (Å²) in [6, 6.07) is 15.5. The highest BCUT2D eigenvalue weighted by Crippen LogP contribution is 2.19. The minimum atomic E-state index is -0.230. The van der Waals surface area contributed by atoms with Crippen molar-refractivity contribution in [3.05, 3.63) is 59.7 Å². The Morgan fingerprint density at radius 2 is 1.00 bits per heavy atom. The van der Waals surface area contributed by atoms with E-state index in [0.29, 0.717) is 0 Å². The Labute approximate surface area is 157 Å². The molecule has 0 aliphatic carbocycles. The Balaban J connectivity index is 2.10. The third-order valence-corrected chi connectivity index (χ3v) is 2.99. The maximum absolute atomic E-state index is 5.85. The van der Waals surface area contributed by atoms with E-state index < -0.39 is 0 Å². The SMILES string of the molecule is CC(C)(C)Oc1cccc(C#CC#Cc2cccc(OC(C)(C)C)c2)c1. The maximum atomic E-state index is 5.85. The van der Waals surface area contributed by atoms with E-state index in [0.717, 1.165) is 22.6 Å². The van der Waals surface area contributed by atoms with Gasteiger partial charge in [0, 0.05) is 11.1 Å². The van der Waals surface area contributed by atoms with Gasteiger partial charge in [0.25, 0.3) is 0 Å². The van der Waals surface area contributed by atoms with Gasteiger partial charge >= 0.3 is 0 Å². The van der Waals surface area contributed by atoms with Crippen LogP contribution in [0.15, 0.2) is 48.5 Å². The first-order valence-electron chi connectivity index (χ1n) is 8.71. The first kappa shape index (κ1) is 19.5. The van der Waals surface area contributed by atoms with Crippen LogP contribution in [0.25, 0.3) is 0 Å². The standard InChI is InChI=1S/C24H26O2/c1-23(2,3)25-21-15-9-13-19(17-21)11-7-8-12-20-14-10-16-22(18-20)26-24(4,5)6/h9-10,13-18H,1-6H3. The fourth-order valence-corrected chi connectivity index (χ4v) is 2.19. The van der Waals surface area contributed by atoms with Crippen molar-refractivity contribution in [1.82, 2.24) is 0 Å². The van der Waals surface area contributed by atoms with Crippen molar-refractivity contribution >= 4 is 0 Å². The Kier molecular flexibility index (Phi) is 6.01. The van der Waals surface area contributed by atoms with Crippen LogP contribution in [0.3, 0.4) is 0 Å². The molecule has 0 radical (unpaired) electrons. The molecule has 2 aromatic carbocycles. The lowest BCUT2D eigenvalue weighted by molar-refractivity contribution is 0.130. The van der Waals surface area contributed by atoms with Gasteiger partial charge < -0.3 is 9.47 Å². The molecule has 0 fully saturated rings. The number of hydrogen-bond acceptors (Lipinski definition) is 2. The second-order valence-electron chi connectivity index (χ2n) is 7.98. The Bertz CT molecular complexity index is 797. The van der Waals surface area contributed by atoms with Crippen LogP contribution < -0.4 is 9.47 Å². The van der Waals surface area contributed by atoms with Crippen molar-refractivity contribution < 1.29 is 9.47 Å². The first-order chi connectivity index (χ1) is 12.1. The van der Waals surface area contributed by atoms with E-state index in [2.05, 4.69) is 23.7 Å². The summed E-state index contributed by atoms with van der Waals surface area (Å²) in [5.74, 6) is 13.5. The predicted octanol–water partition coefficient (Wildman–Crippen LogP) is 5.44. The van der Waals surface area contributed by atoms with E-state index in [-0.39, 0.29) is 11.2 Å². The monoisotopic (exact) mass is 346 g/mol. The minimum absolute atomic E-state index is 0.230. The molecule has 26 heavy (non-hydrogen) atoms. The van der Waals surface area contributed by atoms with Crippen molar-refractivity contribution in [2.45, 2.75) is 52.7 Å². The lowest BCUT2D eigenvalue weighted by atomic mass is 10.1. The summed E-state index contributed by atoms with van der Waals surface area (Å²) in [5, 5.41) is 0. The van der Waals surface area contributed by atoms with Crippen LogP contribution in [-0.2, 0) is 0 Å². The zero-order valence-electron chi connectivity index (χ0n) is 16.4. The molecule has 0 aliphatic heterocycles. The van der Waals surface area contributed by atoms with Crippen molar-refractivity contribution in [2.75, 3.05) is 0 Å². The number of benzene rings is 2. The molecule has 0 aromatic heterocycles. The average molecular weight is 346 g/mol. The molecule has 0 atom stereocenters. The molecule has 2 aromatic rings. The van der Waals surface area contributed by atoms with Crippen LogP contribution in [0.2, 0.25) is 0 Å². The molecule has 0 saturated heterocycles. The van der Waals surface area contributed by atoms with Crippen molar-refractivity contribution in [3.63, 3.8) is 0 Å². The maximum Gasteiger partial charge on any atom is 0.121 e. The van der Waals surface area contributed by atoms with Gasteiger partial charge in [-0.3, -0.25) is 0 Å². The highest BCUT2D eigenvalue weighted by atomic mass is 16.5. The normalized spacial score (nSPS) is 10.8. The topological polar surface area (TPSA) is 18.5 Å². The van der Waals surface area contributed by atoms with Gasteiger partial charge in [0.2, 0.25) is 0 Å². The van der Waals surface area contributed by atoms with Gasteiger partial charge in [-0.25, -0.2) is 0 Å². The van der Waals surface area contributed by atoms with Gasteiger partial charge in [-0.15, -0.1) is 0 Å². The van der Waals surface area contributed by atoms with Gasteiger partial charge in [-0.2, -0.15) is 0 Å². The molecule has 2 nitrogen and oxygen atoms in total. The van der Waals surface area contributed by atoms with Gasteiger partial charge in [0.1, 0.15) is 22.7 Å². The zero-order chi connectivity index (χ0) is 19.2. The quantitative estimate of drug-likeness (QED) is 0.674. The second-order valence-corrected chi connectivity index (χ2v) is 7.98. The van der Waals surface area contributed by atoms with E-state index in [1.54, 1.807) is 0 Å². The molecule has 2 rings (SSSR count). The van der Waals surface area contributed by atoms with Crippen LogP contribution in [0.1, 0.15) is 52.7 Å². The summed E-state index contributed by atoms with van der Waals surface area (Å²) in [6.07, 6.45) is 0. The summed E-state index contributed by atoms with van der Waals surface area (Å²) < 4.78 is 11.7. The Morgan fingerprint density at radius 1 is 0.615 bits per heavy atom. The highest BCUT2D eigenvalue weighted by molar-refractivity contribution is 5.47. The predicted molar refractivity (Wildman–Crippen MR) is 107 cm³/mol. The van der Waals surface area contributed by atoms with E-state index in [1.165, 1.54) is 0 Å². The molecule has 2 heteroatoms. The smallest absolute Gasteiger partial charge is 0.121 e. The first-order valence-corrected chi connectivity index (χ1v) is 8.71. The molecule has 0 bridgehead atoms. The Hall–Kier alpha value is -2.84. The average Bonchev–Trinajstić information content (AvgIpc) is 2.49. The number of ether oxygens (including phenoxy) is 2. The number of hydrogen-bond donors (Lipinski definition) is 0. The van der Waals surface area contributed by atoms with Crippen LogP contribution >= 0.6 is 0 Å². The molecule has 0 aliphatic rings. The minimum Gasteiger partial charge on any atom is -0.488 e. The summed E-state index contributed by atoms with van der Waals surface area (Å²) >= 11 is 0. The van der Waals surface area contributed by atoms with Crippen LogP contribution in [0, 0.1) is 23.7 Å². The summed E-state index contributed by atoms with van der Waals surface area (Å²) in [7, 11) is 0. The van der Waals surface area contributed by atoms with Crippen LogP contribution in [0.5, 0.6) is 11.5 Å². The van der Waals surface area contributed by atoms with Gasteiger partial charge in [0.05, 0.1) is 0 Å². The molecule has 0 saturated carbocycles. The number of rotatable bonds is 2. The van der Waals surface area contributed by atoms with E-state index in [4.69, 9.17) is 9.47 Å². The lowest BCUT2D eigenvalue weighted by Crippen LogP contribution is -2.22. The highest BCUT2D eigenvalue weighted by Gasteiger charge is 2.12. The molecule has 0 heterocycles. The van der Waals surface area contributed by atoms with Crippen LogP contribution in [0.4, 0.5) is 0 Å². The molecule has 0 unspecified atom stereocenters. The largest absolute Gasteiger partial charge is 0.488 e. The molecule has 0 amide bonds. The van der Waals surface area contributed by atoms with Crippen LogP contribution in [-0.4, -0.2) is 11.2 Å². The molecule has 134 valence electrons. The molecular weight excluding hydrogens is 320 g/mol. The summed E-state index contributed by atoms with van der Waals surface area (Å²) in [5.41, 5.74) is 1.30. The van der Waals surface area contributed by atoms with Crippen molar-refractivity contribution in [3.8, 4) is 35.2 Å². The van der Waals surface area contributed by atoms with Gasteiger partial charge in [0.15, 0.2) is 0 Å².